The average Bonchev–Trinajstić information content (AvgIpc) is 2.75. The molecule has 6 nitrogen and oxygen atoms in total. The first-order chi connectivity index (χ1) is 14.5. The van der Waals surface area contributed by atoms with Gasteiger partial charge in [-0.25, -0.2) is 9.97 Å². The number of fused-ring (bicyclic) bond motifs is 1. The second kappa shape index (κ2) is 8.29. The van der Waals surface area contributed by atoms with E-state index >= 15 is 0 Å². The SMILES string of the molecule is Cc1cccc(C(C)C)c1Nc1cnc(C(=O)Nc2cccc3cccnc23)cn1. The lowest BCUT2D eigenvalue weighted by Gasteiger charge is -2.16. The summed E-state index contributed by atoms with van der Waals surface area (Å²) in [4.78, 5) is 25.7. The monoisotopic (exact) mass is 397 g/mol. The van der Waals surface area contributed by atoms with E-state index in [-0.39, 0.29) is 11.6 Å². The quantitative estimate of drug-likeness (QED) is 0.468. The van der Waals surface area contributed by atoms with Crippen molar-refractivity contribution < 1.29 is 4.79 Å². The van der Waals surface area contributed by atoms with E-state index in [4.69, 9.17) is 0 Å². The number of hydrogen-bond donors (Lipinski definition) is 2. The van der Waals surface area contributed by atoms with Crippen LogP contribution in [0.2, 0.25) is 0 Å². The van der Waals surface area contributed by atoms with Gasteiger partial charge in [0.15, 0.2) is 0 Å². The third-order valence-corrected chi connectivity index (χ3v) is 4.95. The molecule has 2 N–H and O–H groups in total. The molecule has 0 saturated carbocycles. The molecule has 0 atom stereocenters. The van der Waals surface area contributed by atoms with Crippen LogP contribution in [-0.2, 0) is 0 Å². The Bertz CT molecular complexity index is 1200. The number of aryl methyl sites for hydroxylation is 1. The molecule has 0 radical (unpaired) electrons. The number of para-hydroxylation sites is 2. The first kappa shape index (κ1) is 19.5. The molecule has 0 spiro atoms. The van der Waals surface area contributed by atoms with Gasteiger partial charge in [-0.3, -0.25) is 9.78 Å². The van der Waals surface area contributed by atoms with Gasteiger partial charge in [-0.1, -0.05) is 50.2 Å². The first-order valence-electron chi connectivity index (χ1n) is 9.86. The fourth-order valence-electron chi connectivity index (χ4n) is 3.37. The van der Waals surface area contributed by atoms with Crippen LogP contribution in [0.4, 0.5) is 17.2 Å². The number of anilines is 3. The molecule has 4 aromatic rings. The molecule has 0 aliphatic carbocycles. The molecular formula is C24H23N5O. The standard InChI is InChI=1S/C24H23N5O/c1-15(2)18-10-4-7-16(3)22(18)29-21-14-26-20(13-27-21)24(30)28-19-11-5-8-17-9-6-12-25-23(17)19/h4-15H,1-3H3,(H,27,29)(H,28,30). The number of hydrogen-bond acceptors (Lipinski definition) is 5. The summed E-state index contributed by atoms with van der Waals surface area (Å²) >= 11 is 0. The van der Waals surface area contributed by atoms with Crippen molar-refractivity contribution >= 4 is 34.0 Å². The third-order valence-electron chi connectivity index (χ3n) is 4.95. The molecule has 6 heteroatoms. The van der Waals surface area contributed by atoms with E-state index in [9.17, 15) is 4.79 Å². The zero-order valence-electron chi connectivity index (χ0n) is 17.2. The Morgan fingerprint density at radius 3 is 2.50 bits per heavy atom. The van der Waals surface area contributed by atoms with Crippen molar-refractivity contribution in [2.24, 2.45) is 0 Å². The molecule has 1 amide bonds. The number of aromatic nitrogens is 3. The summed E-state index contributed by atoms with van der Waals surface area (Å²) in [7, 11) is 0. The summed E-state index contributed by atoms with van der Waals surface area (Å²) in [5.74, 6) is 0.639. The highest BCUT2D eigenvalue weighted by atomic mass is 16.1. The highest BCUT2D eigenvalue weighted by Gasteiger charge is 2.13. The molecule has 0 aliphatic heterocycles. The van der Waals surface area contributed by atoms with Crippen molar-refractivity contribution in [3.05, 3.63) is 83.9 Å². The second-order valence-electron chi connectivity index (χ2n) is 7.44. The summed E-state index contributed by atoms with van der Waals surface area (Å²) in [5.41, 5.74) is 4.99. The molecule has 0 fully saturated rings. The third kappa shape index (κ3) is 3.98. The Labute approximate surface area is 175 Å². The van der Waals surface area contributed by atoms with Gasteiger partial charge < -0.3 is 10.6 Å². The first-order valence-corrected chi connectivity index (χ1v) is 9.86. The highest BCUT2D eigenvalue weighted by Crippen LogP contribution is 2.29. The summed E-state index contributed by atoms with van der Waals surface area (Å²) in [5, 5.41) is 7.18. The van der Waals surface area contributed by atoms with Crippen LogP contribution in [0.25, 0.3) is 10.9 Å². The van der Waals surface area contributed by atoms with Gasteiger partial charge in [-0.2, -0.15) is 0 Å². The van der Waals surface area contributed by atoms with Crippen LogP contribution in [0.1, 0.15) is 41.4 Å². The number of carbonyl (C=O) groups is 1. The molecule has 150 valence electrons. The maximum absolute atomic E-state index is 12.7. The summed E-state index contributed by atoms with van der Waals surface area (Å²) in [6.07, 6.45) is 4.76. The molecule has 4 rings (SSSR count). The molecule has 2 heterocycles. The normalized spacial score (nSPS) is 10.9. The maximum atomic E-state index is 12.7. The zero-order chi connectivity index (χ0) is 21.1. The van der Waals surface area contributed by atoms with Crippen LogP contribution in [0.15, 0.2) is 67.1 Å². The Balaban J connectivity index is 1.53. The minimum Gasteiger partial charge on any atom is -0.338 e. The van der Waals surface area contributed by atoms with Gasteiger partial charge in [0.2, 0.25) is 0 Å². The molecule has 2 aromatic carbocycles. The van der Waals surface area contributed by atoms with E-state index in [1.54, 1.807) is 12.4 Å². The molecule has 30 heavy (non-hydrogen) atoms. The Kier molecular flexibility index (Phi) is 5.39. The van der Waals surface area contributed by atoms with Crippen molar-refractivity contribution in [2.75, 3.05) is 10.6 Å². The number of carbonyl (C=O) groups excluding carboxylic acids is 1. The van der Waals surface area contributed by atoms with Gasteiger partial charge in [0.1, 0.15) is 11.5 Å². The fraction of sp³-hybridized carbons (Fsp3) is 0.167. The van der Waals surface area contributed by atoms with Crippen LogP contribution < -0.4 is 10.6 Å². The van der Waals surface area contributed by atoms with E-state index in [0.29, 0.717) is 17.4 Å². The van der Waals surface area contributed by atoms with Crippen LogP contribution in [0.3, 0.4) is 0 Å². The lowest BCUT2D eigenvalue weighted by Crippen LogP contribution is -2.14. The number of nitrogens with one attached hydrogen (secondary N) is 2. The Morgan fingerprint density at radius 1 is 0.933 bits per heavy atom. The molecule has 2 aromatic heterocycles. The molecule has 0 aliphatic rings. The minimum atomic E-state index is -0.328. The molecule has 0 bridgehead atoms. The van der Waals surface area contributed by atoms with Gasteiger partial charge in [-0.15, -0.1) is 0 Å². The van der Waals surface area contributed by atoms with E-state index in [2.05, 4.69) is 64.6 Å². The van der Waals surface area contributed by atoms with Gasteiger partial charge in [0.05, 0.1) is 23.6 Å². The number of benzene rings is 2. The maximum Gasteiger partial charge on any atom is 0.275 e. The summed E-state index contributed by atoms with van der Waals surface area (Å²) in [6, 6.07) is 15.7. The van der Waals surface area contributed by atoms with Crippen molar-refractivity contribution in [3.63, 3.8) is 0 Å². The van der Waals surface area contributed by atoms with Crippen molar-refractivity contribution in [1.82, 2.24) is 15.0 Å². The Morgan fingerprint density at radius 2 is 1.73 bits per heavy atom. The van der Waals surface area contributed by atoms with Crippen molar-refractivity contribution in [2.45, 2.75) is 26.7 Å². The second-order valence-corrected chi connectivity index (χ2v) is 7.44. The minimum absolute atomic E-state index is 0.238. The zero-order valence-corrected chi connectivity index (χ0v) is 17.2. The topological polar surface area (TPSA) is 79.8 Å². The molecule has 0 unspecified atom stereocenters. The van der Waals surface area contributed by atoms with Gasteiger partial charge in [-0.05, 0) is 36.1 Å². The van der Waals surface area contributed by atoms with E-state index in [0.717, 1.165) is 22.2 Å². The number of amides is 1. The average molecular weight is 397 g/mol. The number of pyridine rings is 1. The van der Waals surface area contributed by atoms with E-state index < -0.39 is 0 Å². The Hall–Kier alpha value is -3.80. The largest absolute Gasteiger partial charge is 0.338 e. The van der Waals surface area contributed by atoms with E-state index in [1.165, 1.54) is 11.8 Å². The summed E-state index contributed by atoms with van der Waals surface area (Å²) in [6.45, 7) is 6.37. The van der Waals surface area contributed by atoms with Crippen LogP contribution in [-0.4, -0.2) is 20.9 Å². The lowest BCUT2D eigenvalue weighted by molar-refractivity contribution is 0.102. The van der Waals surface area contributed by atoms with Crippen LogP contribution >= 0.6 is 0 Å². The predicted molar refractivity (Wildman–Crippen MR) is 120 cm³/mol. The number of rotatable bonds is 5. The van der Waals surface area contributed by atoms with Crippen LogP contribution in [0.5, 0.6) is 0 Å². The van der Waals surface area contributed by atoms with Crippen molar-refractivity contribution in [1.29, 1.82) is 0 Å². The molecular weight excluding hydrogens is 374 g/mol. The van der Waals surface area contributed by atoms with Gasteiger partial charge in [0, 0.05) is 17.3 Å². The van der Waals surface area contributed by atoms with E-state index in [1.807, 2.05) is 30.3 Å². The smallest absolute Gasteiger partial charge is 0.275 e. The lowest BCUT2D eigenvalue weighted by atomic mass is 9.98. The molecule has 0 saturated heterocycles. The highest BCUT2D eigenvalue weighted by molar-refractivity contribution is 6.07. The van der Waals surface area contributed by atoms with Gasteiger partial charge >= 0.3 is 0 Å². The number of nitrogens with zero attached hydrogens (tertiary/aromatic N) is 3. The van der Waals surface area contributed by atoms with Crippen molar-refractivity contribution in [3.8, 4) is 0 Å². The predicted octanol–water partition coefficient (Wildman–Crippen LogP) is 5.45. The summed E-state index contributed by atoms with van der Waals surface area (Å²) < 4.78 is 0. The fourth-order valence-corrected chi connectivity index (χ4v) is 3.37. The van der Waals surface area contributed by atoms with Crippen LogP contribution in [0, 0.1) is 6.92 Å². The van der Waals surface area contributed by atoms with Gasteiger partial charge in [0.25, 0.3) is 5.91 Å².